The summed E-state index contributed by atoms with van der Waals surface area (Å²) < 4.78 is 43.0. The third-order valence-electron chi connectivity index (χ3n) is 2.03. The first-order valence-corrected chi connectivity index (χ1v) is 5.09. The second-order valence-electron chi connectivity index (χ2n) is 3.21. The summed E-state index contributed by atoms with van der Waals surface area (Å²) in [5.74, 6) is -0.258. The Morgan fingerprint density at radius 3 is 2.53 bits per heavy atom. The number of benzene rings is 1. The van der Waals surface area contributed by atoms with E-state index >= 15 is 0 Å². The predicted molar refractivity (Wildman–Crippen MR) is 61.1 cm³/mol. The fourth-order valence-electron chi connectivity index (χ4n) is 1.37. The van der Waals surface area contributed by atoms with Crippen LogP contribution in [0.15, 0.2) is 18.2 Å². The van der Waals surface area contributed by atoms with Crippen LogP contribution < -0.4 is 10.5 Å². The summed E-state index contributed by atoms with van der Waals surface area (Å²) in [6.45, 7) is 0.219. The smallest absolute Gasteiger partial charge is 0.420 e. The van der Waals surface area contributed by atoms with Gasteiger partial charge in [0.05, 0.1) is 12.7 Å². The molecule has 0 saturated heterocycles. The zero-order valence-electron chi connectivity index (χ0n) is 9.01. The number of hydrogen-bond donors (Lipinski definition) is 1. The van der Waals surface area contributed by atoms with Gasteiger partial charge in [0.1, 0.15) is 5.75 Å². The van der Waals surface area contributed by atoms with Gasteiger partial charge in [-0.25, -0.2) is 0 Å². The Kier molecular flexibility index (Phi) is 4.42. The van der Waals surface area contributed by atoms with Crippen molar-refractivity contribution in [3.8, 4) is 5.75 Å². The van der Waals surface area contributed by atoms with E-state index in [0.717, 1.165) is 6.07 Å². The lowest BCUT2D eigenvalue weighted by Gasteiger charge is -2.14. The van der Waals surface area contributed by atoms with Crippen molar-refractivity contribution in [2.45, 2.75) is 6.18 Å². The Labute approximate surface area is 102 Å². The summed E-state index contributed by atoms with van der Waals surface area (Å²) in [5.41, 5.74) is 4.60. The van der Waals surface area contributed by atoms with Gasteiger partial charge in [0.2, 0.25) is 0 Å². The first kappa shape index (κ1) is 13.9. The lowest BCUT2D eigenvalue weighted by atomic mass is 10.1. The number of nitrogens with two attached hydrogens (primary N) is 1. The molecule has 1 aromatic rings. The van der Waals surface area contributed by atoms with Crippen molar-refractivity contribution in [3.05, 3.63) is 34.4 Å². The van der Waals surface area contributed by atoms with Gasteiger partial charge in [-0.15, -0.1) is 0 Å². The summed E-state index contributed by atoms with van der Waals surface area (Å²) in [6.07, 6.45) is -1.55. The van der Waals surface area contributed by atoms with Crippen LogP contribution in [0, 0.1) is 0 Å². The molecule has 1 aromatic carbocycles. The van der Waals surface area contributed by atoms with E-state index in [9.17, 15) is 13.2 Å². The van der Waals surface area contributed by atoms with E-state index in [2.05, 4.69) is 0 Å². The van der Waals surface area contributed by atoms with Gasteiger partial charge >= 0.3 is 6.18 Å². The molecule has 0 heterocycles. The number of alkyl halides is 3. The van der Waals surface area contributed by atoms with Crippen molar-refractivity contribution in [1.82, 2.24) is 0 Å². The quantitative estimate of drug-likeness (QED) is 0.910. The van der Waals surface area contributed by atoms with E-state index < -0.39 is 11.7 Å². The van der Waals surface area contributed by atoms with E-state index in [1.54, 1.807) is 0 Å². The molecule has 0 aliphatic carbocycles. The first-order chi connectivity index (χ1) is 7.90. The van der Waals surface area contributed by atoms with Gasteiger partial charge in [-0.1, -0.05) is 23.8 Å². The normalized spacial score (nSPS) is 12.1. The number of ether oxygens (including phenoxy) is 1. The van der Waals surface area contributed by atoms with Gasteiger partial charge in [0.25, 0.3) is 0 Å². The zero-order valence-corrected chi connectivity index (χ0v) is 9.77. The fourth-order valence-corrected chi connectivity index (χ4v) is 1.60. The topological polar surface area (TPSA) is 35.2 Å². The molecule has 94 valence electrons. The third kappa shape index (κ3) is 3.38. The Morgan fingerprint density at radius 2 is 2.06 bits per heavy atom. The molecule has 0 aromatic heterocycles. The van der Waals surface area contributed by atoms with Crippen LogP contribution in [-0.4, -0.2) is 13.7 Å². The monoisotopic (exact) mass is 265 g/mol. The van der Waals surface area contributed by atoms with Crippen molar-refractivity contribution in [2.75, 3.05) is 13.7 Å². The Morgan fingerprint density at radius 1 is 1.41 bits per heavy atom. The van der Waals surface area contributed by atoms with Gasteiger partial charge in [-0.2, -0.15) is 13.2 Å². The van der Waals surface area contributed by atoms with Crippen molar-refractivity contribution in [1.29, 1.82) is 0 Å². The van der Waals surface area contributed by atoms with Gasteiger partial charge in [-0.05, 0) is 12.1 Å². The molecule has 1 rings (SSSR count). The number of halogens is 4. The van der Waals surface area contributed by atoms with Gasteiger partial charge in [-0.3, -0.25) is 0 Å². The molecule has 0 bridgehead atoms. The van der Waals surface area contributed by atoms with E-state index in [1.807, 2.05) is 0 Å². The minimum Gasteiger partial charge on any atom is -0.495 e. The van der Waals surface area contributed by atoms with Crippen LogP contribution in [0.2, 0.25) is 5.02 Å². The summed E-state index contributed by atoms with van der Waals surface area (Å²) in [5, 5.41) is -0.00482. The van der Waals surface area contributed by atoms with Gasteiger partial charge < -0.3 is 10.5 Å². The summed E-state index contributed by atoms with van der Waals surface area (Å²) >= 11 is 5.64. The molecule has 0 atom stereocenters. The zero-order chi connectivity index (χ0) is 13.1. The van der Waals surface area contributed by atoms with Crippen LogP contribution in [0.4, 0.5) is 13.2 Å². The second-order valence-corrected chi connectivity index (χ2v) is 3.65. The Bertz CT molecular complexity index is 429. The number of rotatable bonds is 3. The number of hydrogen-bond acceptors (Lipinski definition) is 2. The molecule has 2 nitrogen and oxygen atoms in total. The molecular formula is C11H11ClF3NO. The van der Waals surface area contributed by atoms with Crippen LogP contribution in [0.5, 0.6) is 5.75 Å². The average molecular weight is 266 g/mol. The van der Waals surface area contributed by atoms with Crippen molar-refractivity contribution < 1.29 is 17.9 Å². The van der Waals surface area contributed by atoms with Crippen LogP contribution in [0.25, 0.3) is 6.08 Å². The lowest BCUT2D eigenvalue weighted by Crippen LogP contribution is -2.08. The third-order valence-corrected chi connectivity index (χ3v) is 2.24. The minimum atomic E-state index is -4.51. The molecule has 0 saturated carbocycles. The molecule has 0 spiro atoms. The molecule has 0 fully saturated rings. The van der Waals surface area contributed by atoms with Crippen LogP contribution in [0.3, 0.4) is 0 Å². The molecule has 0 unspecified atom stereocenters. The SMILES string of the molecule is COc1c(/C=C/CN)cc(Cl)cc1C(F)(F)F. The summed E-state index contributed by atoms with van der Waals surface area (Å²) in [6, 6.07) is 2.22. The molecule has 0 radical (unpaired) electrons. The molecule has 17 heavy (non-hydrogen) atoms. The maximum absolute atomic E-state index is 12.7. The van der Waals surface area contributed by atoms with E-state index in [1.165, 1.54) is 25.3 Å². The van der Waals surface area contributed by atoms with E-state index in [4.69, 9.17) is 22.1 Å². The van der Waals surface area contributed by atoms with Crippen molar-refractivity contribution >= 4 is 17.7 Å². The van der Waals surface area contributed by atoms with Crippen molar-refractivity contribution in [3.63, 3.8) is 0 Å². The maximum atomic E-state index is 12.7. The minimum absolute atomic E-state index is 0.00482. The maximum Gasteiger partial charge on any atom is 0.420 e. The van der Waals surface area contributed by atoms with E-state index in [0.29, 0.717) is 0 Å². The number of methoxy groups -OCH3 is 1. The highest BCUT2D eigenvalue weighted by Gasteiger charge is 2.35. The largest absolute Gasteiger partial charge is 0.495 e. The standard InChI is InChI=1S/C11H11ClF3NO/c1-17-10-7(3-2-4-16)5-8(12)6-9(10)11(13,14)15/h2-3,5-6H,4,16H2,1H3/b3-2+. The van der Waals surface area contributed by atoms with Crippen LogP contribution >= 0.6 is 11.6 Å². The molecule has 2 N–H and O–H groups in total. The average Bonchev–Trinajstić information content (AvgIpc) is 2.24. The highest BCUT2D eigenvalue weighted by molar-refractivity contribution is 6.30. The highest BCUT2D eigenvalue weighted by Crippen LogP contribution is 2.40. The summed E-state index contributed by atoms with van der Waals surface area (Å²) in [7, 11) is 1.18. The first-order valence-electron chi connectivity index (χ1n) is 4.71. The molecule has 0 aliphatic rings. The molecular weight excluding hydrogens is 255 g/mol. The van der Waals surface area contributed by atoms with Gasteiger partial charge in [0.15, 0.2) is 0 Å². The van der Waals surface area contributed by atoms with Crippen LogP contribution in [0.1, 0.15) is 11.1 Å². The summed E-state index contributed by atoms with van der Waals surface area (Å²) in [4.78, 5) is 0. The highest BCUT2D eigenvalue weighted by atomic mass is 35.5. The Balaban J connectivity index is 3.40. The second kappa shape index (κ2) is 5.42. The predicted octanol–water partition coefficient (Wildman–Crippen LogP) is 3.34. The molecule has 0 aliphatic heterocycles. The Hall–Kier alpha value is -1.20. The van der Waals surface area contributed by atoms with Crippen LogP contribution in [-0.2, 0) is 6.18 Å². The van der Waals surface area contributed by atoms with E-state index in [-0.39, 0.29) is 22.9 Å². The molecule has 6 heteroatoms. The van der Waals surface area contributed by atoms with Crippen molar-refractivity contribution in [2.24, 2.45) is 5.73 Å². The van der Waals surface area contributed by atoms with Gasteiger partial charge in [0, 0.05) is 17.1 Å². The fraction of sp³-hybridized carbons (Fsp3) is 0.273. The lowest BCUT2D eigenvalue weighted by molar-refractivity contribution is -0.138. The molecule has 0 amide bonds.